The van der Waals surface area contributed by atoms with Crippen LogP contribution in [0.2, 0.25) is 0 Å². The van der Waals surface area contributed by atoms with Crippen molar-refractivity contribution in [3.05, 3.63) is 36.0 Å². The van der Waals surface area contributed by atoms with Crippen LogP contribution in [-0.2, 0) is 16.3 Å². The van der Waals surface area contributed by atoms with Gasteiger partial charge in [-0.2, -0.15) is 0 Å². The number of nitrogens with one attached hydrogen (secondary N) is 1. The fourth-order valence-electron chi connectivity index (χ4n) is 2.82. The Morgan fingerprint density at radius 1 is 1.28 bits per heavy atom. The summed E-state index contributed by atoms with van der Waals surface area (Å²) < 4.78 is 22.8. The predicted molar refractivity (Wildman–Crippen MR) is 73.4 cm³/mol. The van der Waals surface area contributed by atoms with E-state index >= 15 is 0 Å². The number of sulfone groups is 1. The summed E-state index contributed by atoms with van der Waals surface area (Å²) in [5.41, 5.74) is 2.49. The van der Waals surface area contributed by atoms with Gasteiger partial charge in [-0.3, -0.25) is 0 Å². The zero-order valence-corrected chi connectivity index (χ0v) is 11.0. The molecule has 1 saturated heterocycles. The Bertz CT molecular complexity index is 657. The van der Waals surface area contributed by atoms with E-state index in [2.05, 4.69) is 29.2 Å². The molecule has 0 bridgehead atoms. The molecule has 2 aromatic rings. The number of aromatic amines is 1. The highest BCUT2D eigenvalue weighted by Gasteiger charge is 2.27. The molecule has 0 spiro atoms. The molecule has 1 fully saturated rings. The van der Waals surface area contributed by atoms with E-state index in [4.69, 9.17) is 0 Å². The van der Waals surface area contributed by atoms with Gasteiger partial charge >= 0.3 is 0 Å². The van der Waals surface area contributed by atoms with Crippen molar-refractivity contribution in [3.8, 4) is 0 Å². The summed E-state index contributed by atoms with van der Waals surface area (Å²) in [6.07, 6.45) is 4.71. The van der Waals surface area contributed by atoms with Crippen molar-refractivity contribution in [2.75, 3.05) is 11.5 Å². The summed E-state index contributed by atoms with van der Waals surface area (Å²) in [5, 5.41) is 1.23. The minimum atomic E-state index is -2.74. The fraction of sp³-hybridized carbons (Fsp3) is 0.429. The highest BCUT2D eigenvalue weighted by molar-refractivity contribution is 7.91. The third-order valence-electron chi connectivity index (χ3n) is 3.82. The van der Waals surface area contributed by atoms with Crippen molar-refractivity contribution >= 4 is 20.7 Å². The number of fused-ring (bicyclic) bond motifs is 1. The van der Waals surface area contributed by atoms with Gasteiger partial charge in [-0.1, -0.05) is 18.2 Å². The van der Waals surface area contributed by atoms with Gasteiger partial charge in [0.1, 0.15) is 0 Å². The molecule has 3 rings (SSSR count). The molecular formula is C14H17NO2S. The molecule has 0 radical (unpaired) electrons. The van der Waals surface area contributed by atoms with Gasteiger partial charge in [0.15, 0.2) is 9.84 Å². The van der Waals surface area contributed by atoms with Crippen LogP contribution in [0.5, 0.6) is 0 Å². The molecule has 96 valence electrons. The quantitative estimate of drug-likeness (QED) is 0.925. The second kappa shape index (κ2) is 4.43. The lowest BCUT2D eigenvalue weighted by Crippen LogP contribution is -2.06. The van der Waals surface area contributed by atoms with E-state index in [1.54, 1.807) is 0 Å². The van der Waals surface area contributed by atoms with E-state index in [-0.39, 0.29) is 0 Å². The number of hydrogen-bond donors (Lipinski definition) is 1. The lowest BCUT2D eigenvalue weighted by molar-refractivity contribution is 0.543. The fourth-order valence-corrected chi connectivity index (χ4v) is 4.73. The van der Waals surface area contributed by atoms with Gasteiger partial charge in [0.25, 0.3) is 0 Å². The van der Waals surface area contributed by atoms with Gasteiger partial charge in [0.05, 0.1) is 11.5 Å². The van der Waals surface area contributed by atoms with Crippen molar-refractivity contribution in [1.29, 1.82) is 0 Å². The molecule has 2 heterocycles. The second-order valence-corrected chi connectivity index (χ2v) is 7.40. The Morgan fingerprint density at radius 3 is 2.94 bits per heavy atom. The highest BCUT2D eigenvalue weighted by Crippen LogP contribution is 2.25. The first kappa shape index (κ1) is 11.8. The molecule has 1 aromatic heterocycles. The van der Waals surface area contributed by atoms with Gasteiger partial charge in [0, 0.05) is 11.7 Å². The van der Waals surface area contributed by atoms with Crippen LogP contribution < -0.4 is 0 Å². The molecule has 1 N–H and O–H groups in total. The van der Waals surface area contributed by atoms with Gasteiger partial charge in [-0.05, 0) is 42.2 Å². The number of para-hydroxylation sites is 1. The van der Waals surface area contributed by atoms with E-state index in [9.17, 15) is 8.42 Å². The van der Waals surface area contributed by atoms with Gasteiger partial charge in [0.2, 0.25) is 0 Å². The maximum atomic E-state index is 11.4. The Hall–Kier alpha value is -1.29. The van der Waals surface area contributed by atoms with Crippen LogP contribution in [0.4, 0.5) is 0 Å². The van der Waals surface area contributed by atoms with Crippen molar-refractivity contribution in [3.63, 3.8) is 0 Å². The summed E-state index contributed by atoms with van der Waals surface area (Å²) in [4.78, 5) is 3.26. The number of aromatic nitrogens is 1. The van der Waals surface area contributed by atoms with Gasteiger partial charge < -0.3 is 4.98 Å². The third-order valence-corrected chi connectivity index (χ3v) is 5.66. The molecule has 0 saturated carbocycles. The number of H-pyrrole nitrogens is 1. The van der Waals surface area contributed by atoms with E-state index in [0.29, 0.717) is 17.4 Å². The van der Waals surface area contributed by atoms with E-state index < -0.39 is 9.84 Å². The molecule has 0 amide bonds. The summed E-state index contributed by atoms with van der Waals surface area (Å²) in [6.45, 7) is 0. The Balaban J connectivity index is 1.72. The highest BCUT2D eigenvalue weighted by atomic mass is 32.2. The van der Waals surface area contributed by atoms with Crippen LogP contribution >= 0.6 is 0 Å². The molecule has 1 atom stereocenters. The number of hydrogen-bond acceptors (Lipinski definition) is 2. The second-order valence-electron chi connectivity index (χ2n) is 5.17. The minimum absolute atomic E-state index is 0.347. The Morgan fingerprint density at radius 2 is 2.17 bits per heavy atom. The lowest BCUT2D eigenvalue weighted by atomic mass is 9.98. The normalized spacial score (nSPS) is 22.6. The van der Waals surface area contributed by atoms with Crippen molar-refractivity contribution in [1.82, 2.24) is 4.98 Å². The molecule has 1 aliphatic rings. The number of rotatable bonds is 3. The first-order chi connectivity index (χ1) is 8.64. The van der Waals surface area contributed by atoms with Crippen molar-refractivity contribution in [2.24, 2.45) is 5.92 Å². The maximum Gasteiger partial charge on any atom is 0.150 e. The largest absolute Gasteiger partial charge is 0.361 e. The Labute approximate surface area is 107 Å². The smallest absolute Gasteiger partial charge is 0.150 e. The van der Waals surface area contributed by atoms with E-state index in [1.165, 1.54) is 16.5 Å². The SMILES string of the molecule is O=S1(=O)CCC(CCc2cccc3cc[nH]c23)C1. The first-order valence-corrected chi connectivity index (χ1v) is 8.22. The Kier molecular flexibility index (Phi) is 2.90. The van der Waals surface area contributed by atoms with Gasteiger partial charge in [-0.15, -0.1) is 0 Å². The molecule has 3 nitrogen and oxygen atoms in total. The molecule has 1 unspecified atom stereocenters. The molecule has 1 aliphatic heterocycles. The van der Waals surface area contributed by atoms with Crippen LogP contribution in [0.25, 0.3) is 10.9 Å². The zero-order chi connectivity index (χ0) is 12.6. The average Bonchev–Trinajstić information content (AvgIpc) is 2.92. The molecule has 18 heavy (non-hydrogen) atoms. The number of benzene rings is 1. The average molecular weight is 263 g/mol. The first-order valence-electron chi connectivity index (χ1n) is 6.39. The summed E-state index contributed by atoms with van der Waals surface area (Å²) in [6, 6.07) is 8.35. The third kappa shape index (κ3) is 2.29. The number of aryl methyl sites for hydroxylation is 1. The summed E-state index contributed by atoms with van der Waals surface area (Å²) in [7, 11) is -2.74. The van der Waals surface area contributed by atoms with Crippen LogP contribution in [0, 0.1) is 5.92 Å². The molecular weight excluding hydrogens is 246 g/mol. The molecule has 1 aromatic carbocycles. The maximum absolute atomic E-state index is 11.4. The van der Waals surface area contributed by atoms with Crippen LogP contribution in [-0.4, -0.2) is 24.9 Å². The van der Waals surface area contributed by atoms with E-state index in [0.717, 1.165) is 19.3 Å². The summed E-state index contributed by atoms with van der Waals surface area (Å²) in [5.74, 6) is 1.11. The van der Waals surface area contributed by atoms with Crippen molar-refractivity contribution in [2.45, 2.75) is 19.3 Å². The predicted octanol–water partition coefficient (Wildman–Crippen LogP) is 2.54. The molecule has 0 aliphatic carbocycles. The molecule has 4 heteroatoms. The van der Waals surface area contributed by atoms with Crippen LogP contribution in [0.15, 0.2) is 30.5 Å². The van der Waals surface area contributed by atoms with Crippen LogP contribution in [0.3, 0.4) is 0 Å². The monoisotopic (exact) mass is 263 g/mol. The zero-order valence-electron chi connectivity index (χ0n) is 10.2. The van der Waals surface area contributed by atoms with E-state index in [1.807, 2.05) is 6.20 Å². The van der Waals surface area contributed by atoms with Crippen molar-refractivity contribution < 1.29 is 8.42 Å². The summed E-state index contributed by atoms with van der Waals surface area (Å²) >= 11 is 0. The van der Waals surface area contributed by atoms with Crippen LogP contribution in [0.1, 0.15) is 18.4 Å². The van der Waals surface area contributed by atoms with Gasteiger partial charge in [-0.25, -0.2) is 8.42 Å². The lowest BCUT2D eigenvalue weighted by Gasteiger charge is -2.08. The minimum Gasteiger partial charge on any atom is -0.361 e. The standard InChI is InChI=1S/C14H17NO2S/c16-18(17)9-7-11(10-18)4-5-12-2-1-3-13-6-8-15-14(12)13/h1-3,6,8,11,15H,4-5,7,9-10H2. The topological polar surface area (TPSA) is 49.9 Å².